The van der Waals surface area contributed by atoms with E-state index in [-0.39, 0.29) is 11.9 Å². The molecule has 0 aromatic heterocycles. The van der Waals surface area contributed by atoms with Crippen LogP contribution in [-0.4, -0.2) is 62.1 Å². The number of methoxy groups -OCH3 is 1. The third-order valence-electron chi connectivity index (χ3n) is 4.31. The number of rotatable bonds is 6. The Morgan fingerprint density at radius 3 is 2.59 bits per heavy atom. The SMILES string of the molecule is CCN(CC)C(=O)CN1CCNCC1c1ccc(OC)cc1. The van der Waals surface area contributed by atoms with E-state index in [2.05, 4.69) is 22.3 Å². The minimum atomic E-state index is 0.213. The smallest absolute Gasteiger partial charge is 0.236 e. The van der Waals surface area contributed by atoms with Gasteiger partial charge in [0.2, 0.25) is 5.91 Å². The topological polar surface area (TPSA) is 44.8 Å². The van der Waals surface area contributed by atoms with Gasteiger partial charge in [-0.15, -0.1) is 0 Å². The van der Waals surface area contributed by atoms with Crippen LogP contribution in [0.25, 0.3) is 0 Å². The predicted octanol–water partition coefficient (Wildman–Crippen LogP) is 1.51. The molecule has 1 saturated heterocycles. The Bertz CT molecular complexity index is 471. The highest BCUT2D eigenvalue weighted by Crippen LogP contribution is 2.24. The fraction of sp³-hybridized carbons (Fsp3) is 0.588. The fourth-order valence-electron chi connectivity index (χ4n) is 2.94. The van der Waals surface area contributed by atoms with Gasteiger partial charge in [0.15, 0.2) is 0 Å². The Labute approximate surface area is 133 Å². The first-order valence-electron chi connectivity index (χ1n) is 8.06. The van der Waals surface area contributed by atoms with Gasteiger partial charge in [-0.2, -0.15) is 0 Å². The highest BCUT2D eigenvalue weighted by atomic mass is 16.5. The van der Waals surface area contributed by atoms with E-state index in [1.807, 2.05) is 30.9 Å². The van der Waals surface area contributed by atoms with Crippen molar-refractivity contribution in [1.82, 2.24) is 15.1 Å². The first kappa shape index (κ1) is 16.8. The third-order valence-corrected chi connectivity index (χ3v) is 4.31. The zero-order valence-corrected chi connectivity index (χ0v) is 13.8. The molecule has 1 atom stereocenters. The molecule has 0 bridgehead atoms. The number of carbonyl (C=O) groups is 1. The quantitative estimate of drug-likeness (QED) is 0.865. The van der Waals surface area contributed by atoms with Crippen molar-refractivity contribution < 1.29 is 9.53 Å². The van der Waals surface area contributed by atoms with Crippen LogP contribution in [-0.2, 0) is 4.79 Å². The van der Waals surface area contributed by atoms with Gasteiger partial charge in [0.05, 0.1) is 13.7 Å². The van der Waals surface area contributed by atoms with Gasteiger partial charge >= 0.3 is 0 Å². The van der Waals surface area contributed by atoms with Crippen molar-refractivity contribution in [3.63, 3.8) is 0 Å². The molecule has 5 heteroatoms. The summed E-state index contributed by atoms with van der Waals surface area (Å²) in [7, 11) is 1.67. The molecular formula is C17H27N3O2. The fourth-order valence-corrected chi connectivity index (χ4v) is 2.94. The predicted molar refractivity (Wildman–Crippen MR) is 88.1 cm³/mol. The molecule has 1 fully saturated rings. The molecule has 1 amide bonds. The number of ether oxygens (including phenoxy) is 1. The van der Waals surface area contributed by atoms with Crippen molar-refractivity contribution in [2.45, 2.75) is 19.9 Å². The van der Waals surface area contributed by atoms with E-state index in [0.717, 1.165) is 38.5 Å². The Balaban J connectivity index is 2.08. The van der Waals surface area contributed by atoms with Crippen molar-refractivity contribution >= 4 is 5.91 Å². The second kappa shape index (κ2) is 8.15. The minimum absolute atomic E-state index is 0.213. The summed E-state index contributed by atoms with van der Waals surface area (Å²) in [6.07, 6.45) is 0. The average Bonchev–Trinajstić information content (AvgIpc) is 2.56. The lowest BCUT2D eigenvalue weighted by molar-refractivity contribution is -0.132. The third kappa shape index (κ3) is 3.99. The van der Waals surface area contributed by atoms with Crippen LogP contribution in [0.1, 0.15) is 25.5 Å². The molecule has 1 heterocycles. The first-order chi connectivity index (χ1) is 10.7. The van der Waals surface area contributed by atoms with Crippen molar-refractivity contribution in [3.8, 4) is 5.75 Å². The second-order valence-electron chi connectivity index (χ2n) is 5.53. The molecule has 1 aliphatic rings. The van der Waals surface area contributed by atoms with Crippen LogP contribution in [0.15, 0.2) is 24.3 Å². The van der Waals surface area contributed by atoms with Gasteiger partial charge in [0.25, 0.3) is 0 Å². The van der Waals surface area contributed by atoms with E-state index in [1.54, 1.807) is 7.11 Å². The Kier molecular flexibility index (Phi) is 6.21. The standard InChI is InChI=1S/C17H27N3O2/c1-4-19(5-2)17(21)13-20-11-10-18-12-16(20)14-6-8-15(22-3)9-7-14/h6-9,16,18H,4-5,10-13H2,1-3H3. The molecule has 1 aliphatic heterocycles. The molecule has 0 aliphatic carbocycles. The van der Waals surface area contributed by atoms with Crippen LogP contribution < -0.4 is 10.1 Å². The van der Waals surface area contributed by atoms with Crippen molar-refractivity contribution in [2.24, 2.45) is 0 Å². The monoisotopic (exact) mass is 305 g/mol. The number of carbonyl (C=O) groups excluding carboxylic acids is 1. The number of amides is 1. The van der Waals surface area contributed by atoms with Gasteiger partial charge < -0.3 is 15.0 Å². The summed E-state index contributed by atoms with van der Waals surface area (Å²) in [5.74, 6) is 1.07. The van der Waals surface area contributed by atoms with Gasteiger partial charge in [0.1, 0.15) is 5.75 Å². The van der Waals surface area contributed by atoms with Gasteiger partial charge in [-0.25, -0.2) is 0 Å². The van der Waals surface area contributed by atoms with Gasteiger partial charge in [-0.3, -0.25) is 9.69 Å². The number of nitrogens with zero attached hydrogens (tertiary/aromatic N) is 2. The number of likely N-dealkylation sites (N-methyl/N-ethyl adjacent to an activating group) is 1. The molecule has 2 rings (SSSR count). The van der Waals surface area contributed by atoms with Crippen molar-refractivity contribution in [1.29, 1.82) is 0 Å². The summed E-state index contributed by atoms with van der Waals surface area (Å²) in [5, 5.41) is 3.42. The highest BCUT2D eigenvalue weighted by Gasteiger charge is 2.26. The molecule has 1 aromatic rings. The van der Waals surface area contributed by atoms with E-state index in [1.165, 1.54) is 5.56 Å². The van der Waals surface area contributed by atoms with Crippen LogP contribution in [0.2, 0.25) is 0 Å². The molecule has 1 unspecified atom stereocenters. The molecule has 0 spiro atoms. The molecule has 1 aromatic carbocycles. The normalized spacial score (nSPS) is 19.0. The van der Waals surface area contributed by atoms with Gasteiger partial charge in [-0.05, 0) is 31.5 Å². The zero-order chi connectivity index (χ0) is 15.9. The molecule has 1 N–H and O–H groups in total. The van der Waals surface area contributed by atoms with E-state index < -0.39 is 0 Å². The van der Waals surface area contributed by atoms with E-state index >= 15 is 0 Å². The molecule has 22 heavy (non-hydrogen) atoms. The molecular weight excluding hydrogens is 278 g/mol. The van der Waals surface area contributed by atoms with Crippen LogP contribution in [0.5, 0.6) is 5.75 Å². The van der Waals surface area contributed by atoms with Gasteiger partial charge in [-0.1, -0.05) is 12.1 Å². The largest absolute Gasteiger partial charge is 0.497 e. The Hall–Kier alpha value is -1.59. The molecule has 5 nitrogen and oxygen atoms in total. The Morgan fingerprint density at radius 2 is 2.00 bits per heavy atom. The highest BCUT2D eigenvalue weighted by molar-refractivity contribution is 5.78. The van der Waals surface area contributed by atoms with E-state index in [0.29, 0.717) is 6.54 Å². The van der Waals surface area contributed by atoms with E-state index in [9.17, 15) is 4.79 Å². The molecule has 122 valence electrons. The summed E-state index contributed by atoms with van der Waals surface area (Å²) in [4.78, 5) is 16.6. The van der Waals surface area contributed by atoms with Crippen LogP contribution in [0.4, 0.5) is 0 Å². The van der Waals surface area contributed by atoms with Crippen molar-refractivity contribution in [3.05, 3.63) is 29.8 Å². The Morgan fingerprint density at radius 1 is 1.32 bits per heavy atom. The van der Waals surface area contributed by atoms with Crippen LogP contribution >= 0.6 is 0 Å². The van der Waals surface area contributed by atoms with Crippen molar-refractivity contribution in [2.75, 3.05) is 46.4 Å². The lowest BCUT2D eigenvalue weighted by Gasteiger charge is -2.37. The minimum Gasteiger partial charge on any atom is -0.497 e. The number of hydrogen-bond acceptors (Lipinski definition) is 4. The second-order valence-corrected chi connectivity index (χ2v) is 5.53. The summed E-state index contributed by atoms with van der Waals surface area (Å²) >= 11 is 0. The number of hydrogen-bond donors (Lipinski definition) is 1. The zero-order valence-electron chi connectivity index (χ0n) is 13.8. The molecule has 0 saturated carbocycles. The summed E-state index contributed by atoms with van der Waals surface area (Å²) < 4.78 is 5.22. The van der Waals surface area contributed by atoms with Crippen LogP contribution in [0, 0.1) is 0 Å². The maximum atomic E-state index is 12.4. The number of benzene rings is 1. The maximum absolute atomic E-state index is 12.4. The van der Waals surface area contributed by atoms with Crippen LogP contribution in [0.3, 0.4) is 0 Å². The first-order valence-corrected chi connectivity index (χ1v) is 8.06. The lowest BCUT2D eigenvalue weighted by atomic mass is 10.0. The summed E-state index contributed by atoms with van der Waals surface area (Å²) in [5.41, 5.74) is 1.22. The number of piperazine rings is 1. The lowest BCUT2D eigenvalue weighted by Crippen LogP contribution is -2.50. The maximum Gasteiger partial charge on any atom is 0.236 e. The molecule has 0 radical (unpaired) electrons. The number of nitrogens with one attached hydrogen (secondary N) is 1. The van der Waals surface area contributed by atoms with Gasteiger partial charge in [0, 0.05) is 38.8 Å². The summed E-state index contributed by atoms with van der Waals surface area (Å²) in [6, 6.07) is 8.37. The average molecular weight is 305 g/mol. The summed E-state index contributed by atoms with van der Waals surface area (Å²) in [6.45, 7) is 8.78. The van der Waals surface area contributed by atoms with E-state index in [4.69, 9.17) is 4.74 Å².